The molecule has 7 heteroatoms. The molecule has 2 aliphatic rings. The van der Waals surface area contributed by atoms with Gasteiger partial charge in [0.15, 0.2) is 0 Å². The minimum absolute atomic E-state index is 0.0158. The molecule has 0 saturated carbocycles. The molecular formula is C26H30N4O3. The van der Waals surface area contributed by atoms with E-state index in [1.165, 1.54) is 10.9 Å². The van der Waals surface area contributed by atoms with Crippen LogP contribution in [0.2, 0.25) is 0 Å². The topological polar surface area (TPSA) is 77.8 Å². The maximum absolute atomic E-state index is 12.8. The summed E-state index contributed by atoms with van der Waals surface area (Å²) in [5.74, 6) is 0.431. The molecule has 2 fully saturated rings. The number of piperidine rings is 1. The molecule has 33 heavy (non-hydrogen) atoms. The van der Waals surface area contributed by atoms with E-state index in [-0.39, 0.29) is 18.0 Å². The fourth-order valence-electron chi connectivity index (χ4n) is 5.07. The highest BCUT2D eigenvalue weighted by molar-refractivity contribution is 5.89. The molecule has 2 saturated heterocycles. The van der Waals surface area contributed by atoms with Gasteiger partial charge in [-0.3, -0.25) is 4.79 Å². The number of para-hydroxylation sites is 1. The smallest absolute Gasteiger partial charge is 0.321 e. The Labute approximate surface area is 193 Å². The molecule has 7 nitrogen and oxygen atoms in total. The van der Waals surface area contributed by atoms with E-state index in [4.69, 9.17) is 4.42 Å². The van der Waals surface area contributed by atoms with Crippen LogP contribution in [0.3, 0.4) is 0 Å². The zero-order chi connectivity index (χ0) is 22.8. The van der Waals surface area contributed by atoms with Crippen LogP contribution < -0.4 is 15.5 Å². The average molecular weight is 447 g/mol. The van der Waals surface area contributed by atoms with Gasteiger partial charge in [0.25, 0.3) is 0 Å². The van der Waals surface area contributed by atoms with Crippen molar-refractivity contribution in [1.82, 2.24) is 10.2 Å². The normalized spacial score (nSPS) is 19.1. The summed E-state index contributed by atoms with van der Waals surface area (Å²) >= 11 is 0. The fraction of sp³-hybridized carbons (Fsp3) is 0.385. The number of anilines is 2. The number of amides is 3. The lowest BCUT2D eigenvalue weighted by molar-refractivity contribution is -0.119. The summed E-state index contributed by atoms with van der Waals surface area (Å²) < 4.78 is 5.71. The first-order chi connectivity index (χ1) is 16.1. The van der Waals surface area contributed by atoms with Crippen molar-refractivity contribution in [2.45, 2.75) is 38.1 Å². The lowest BCUT2D eigenvalue weighted by Gasteiger charge is -2.31. The monoisotopic (exact) mass is 446 g/mol. The molecule has 3 amide bonds. The second-order valence-corrected chi connectivity index (χ2v) is 9.06. The second kappa shape index (κ2) is 9.17. The van der Waals surface area contributed by atoms with Crippen LogP contribution in [-0.4, -0.2) is 49.1 Å². The first-order valence-corrected chi connectivity index (χ1v) is 11.7. The van der Waals surface area contributed by atoms with Gasteiger partial charge in [0, 0.05) is 61.5 Å². The summed E-state index contributed by atoms with van der Waals surface area (Å²) in [5.41, 5.74) is 4.08. The van der Waals surface area contributed by atoms with Crippen molar-refractivity contribution >= 4 is 34.3 Å². The van der Waals surface area contributed by atoms with Gasteiger partial charge in [0.05, 0.1) is 6.26 Å². The van der Waals surface area contributed by atoms with Crippen molar-refractivity contribution in [2.24, 2.45) is 0 Å². The predicted molar refractivity (Wildman–Crippen MR) is 130 cm³/mol. The predicted octanol–water partition coefficient (Wildman–Crippen LogP) is 4.56. The number of carbonyl (C=O) groups is 2. The highest BCUT2D eigenvalue weighted by Gasteiger charge is 2.26. The Bertz CT molecular complexity index is 1130. The third kappa shape index (κ3) is 4.67. The third-order valence-corrected chi connectivity index (χ3v) is 6.81. The molecule has 0 aliphatic carbocycles. The maximum Gasteiger partial charge on any atom is 0.321 e. The standard InChI is InChI=1S/C26H30N4O3/c1-18(31)27-21-12-15-30(16-21)22-8-6-20(7-9-22)28-26(32)29-13-10-19(11-14-29)24-17-33-25-5-3-2-4-23(24)25/h2-9,17,19,21H,10-16H2,1H3,(H,27,31)(H,28,32). The van der Waals surface area contributed by atoms with E-state index in [9.17, 15) is 9.59 Å². The molecular weight excluding hydrogens is 416 g/mol. The number of hydrogen-bond donors (Lipinski definition) is 2. The largest absolute Gasteiger partial charge is 0.464 e. The number of hydrogen-bond acceptors (Lipinski definition) is 4. The van der Waals surface area contributed by atoms with Crippen LogP contribution in [0, 0.1) is 0 Å². The van der Waals surface area contributed by atoms with Gasteiger partial charge in [-0.25, -0.2) is 4.79 Å². The Morgan fingerprint density at radius 3 is 2.48 bits per heavy atom. The Morgan fingerprint density at radius 2 is 1.73 bits per heavy atom. The minimum atomic E-state index is -0.0508. The van der Waals surface area contributed by atoms with Crippen LogP contribution in [-0.2, 0) is 4.79 Å². The summed E-state index contributed by atoms with van der Waals surface area (Å²) in [6, 6.07) is 16.2. The van der Waals surface area contributed by atoms with Crippen molar-refractivity contribution in [3.05, 3.63) is 60.4 Å². The summed E-state index contributed by atoms with van der Waals surface area (Å²) in [6.07, 6.45) is 4.69. The van der Waals surface area contributed by atoms with E-state index >= 15 is 0 Å². The lowest BCUT2D eigenvalue weighted by Crippen LogP contribution is -2.40. The van der Waals surface area contributed by atoms with Gasteiger partial charge in [-0.15, -0.1) is 0 Å². The number of fused-ring (bicyclic) bond motifs is 1. The van der Waals surface area contributed by atoms with Crippen molar-refractivity contribution in [2.75, 3.05) is 36.4 Å². The van der Waals surface area contributed by atoms with E-state index < -0.39 is 0 Å². The van der Waals surface area contributed by atoms with Crippen LogP contribution in [0.25, 0.3) is 11.0 Å². The van der Waals surface area contributed by atoms with E-state index in [0.717, 1.165) is 62.4 Å². The van der Waals surface area contributed by atoms with Gasteiger partial charge >= 0.3 is 6.03 Å². The third-order valence-electron chi connectivity index (χ3n) is 6.81. The molecule has 1 unspecified atom stereocenters. The highest BCUT2D eigenvalue weighted by Crippen LogP contribution is 2.34. The molecule has 2 aromatic carbocycles. The van der Waals surface area contributed by atoms with Crippen molar-refractivity contribution < 1.29 is 14.0 Å². The minimum Gasteiger partial charge on any atom is -0.464 e. The van der Waals surface area contributed by atoms with E-state index in [1.54, 1.807) is 6.92 Å². The van der Waals surface area contributed by atoms with Crippen molar-refractivity contribution in [1.29, 1.82) is 0 Å². The Morgan fingerprint density at radius 1 is 0.970 bits per heavy atom. The van der Waals surface area contributed by atoms with Gasteiger partial charge in [-0.05, 0) is 55.5 Å². The molecule has 0 spiro atoms. The summed E-state index contributed by atoms with van der Waals surface area (Å²) in [4.78, 5) is 28.2. The second-order valence-electron chi connectivity index (χ2n) is 9.06. The number of furan rings is 1. The number of benzene rings is 2. The van der Waals surface area contributed by atoms with E-state index in [2.05, 4.69) is 21.6 Å². The van der Waals surface area contributed by atoms with Crippen LogP contribution in [0.15, 0.2) is 59.2 Å². The molecule has 0 bridgehead atoms. The molecule has 3 heterocycles. The SMILES string of the molecule is CC(=O)NC1CCN(c2ccc(NC(=O)N3CCC(c4coc5ccccc45)CC3)cc2)C1. The van der Waals surface area contributed by atoms with Crippen molar-refractivity contribution in [3.8, 4) is 0 Å². The van der Waals surface area contributed by atoms with E-state index in [0.29, 0.717) is 5.92 Å². The van der Waals surface area contributed by atoms with Gasteiger partial charge in [-0.1, -0.05) is 18.2 Å². The Balaban J connectivity index is 1.14. The quantitative estimate of drug-likeness (QED) is 0.616. The van der Waals surface area contributed by atoms with Crippen LogP contribution in [0.5, 0.6) is 0 Å². The summed E-state index contributed by atoms with van der Waals surface area (Å²) in [6.45, 7) is 4.74. The average Bonchev–Trinajstić information content (AvgIpc) is 3.46. The van der Waals surface area contributed by atoms with Crippen LogP contribution in [0.1, 0.15) is 37.7 Å². The fourth-order valence-corrected chi connectivity index (χ4v) is 5.07. The summed E-state index contributed by atoms with van der Waals surface area (Å²) in [7, 11) is 0. The molecule has 1 atom stereocenters. The number of nitrogens with one attached hydrogen (secondary N) is 2. The molecule has 0 radical (unpaired) electrons. The molecule has 5 rings (SSSR count). The van der Waals surface area contributed by atoms with Gasteiger partial charge in [0.1, 0.15) is 5.58 Å². The van der Waals surface area contributed by atoms with Gasteiger partial charge in [0.2, 0.25) is 5.91 Å². The van der Waals surface area contributed by atoms with Gasteiger partial charge < -0.3 is 24.9 Å². The molecule has 172 valence electrons. The first kappa shape index (κ1) is 21.4. The zero-order valence-corrected chi connectivity index (χ0v) is 18.9. The van der Waals surface area contributed by atoms with E-state index in [1.807, 2.05) is 53.6 Å². The molecule has 2 N–H and O–H groups in total. The Hall–Kier alpha value is -3.48. The number of nitrogens with zero attached hydrogens (tertiary/aromatic N) is 2. The lowest BCUT2D eigenvalue weighted by atomic mass is 9.89. The first-order valence-electron chi connectivity index (χ1n) is 11.7. The highest BCUT2D eigenvalue weighted by atomic mass is 16.3. The number of urea groups is 1. The molecule has 3 aromatic rings. The maximum atomic E-state index is 12.8. The number of carbonyl (C=O) groups excluding carboxylic acids is 2. The van der Waals surface area contributed by atoms with Crippen LogP contribution in [0.4, 0.5) is 16.2 Å². The van der Waals surface area contributed by atoms with Crippen LogP contribution >= 0.6 is 0 Å². The van der Waals surface area contributed by atoms with Crippen molar-refractivity contribution in [3.63, 3.8) is 0 Å². The zero-order valence-electron chi connectivity index (χ0n) is 18.9. The van der Waals surface area contributed by atoms with Gasteiger partial charge in [-0.2, -0.15) is 0 Å². The number of likely N-dealkylation sites (tertiary alicyclic amines) is 1. The molecule has 1 aromatic heterocycles. The number of rotatable bonds is 4. The summed E-state index contributed by atoms with van der Waals surface area (Å²) in [5, 5.41) is 7.21. The molecule has 2 aliphatic heterocycles. The Kier molecular flexibility index (Phi) is 5.94.